The third-order valence-corrected chi connectivity index (χ3v) is 5.11. The average molecular weight is 410 g/mol. The minimum atomic E-state index is -1.10. The molecular weight excluding hydrogens is 384 g/mol. The van der Waals surface area contributed by atoms with E-state index in [0.717, 1.165) is 6.42 Å². The lowest BCUT2D eigenvalue weighted by Crippen LogP contribution is -2.42. The zero-order valence-corrected chi connectivity index (χ0v) is 17.2. The summed E-state index contributed by atoms with van der Waals surface area (Å²) in [4.78, 5) is 39.2. The number of esters is 1. The SMILES string of the molecule is COc1cccc(NC(=O)C(OC(=O)C2CCCN(C(C)=O)C2)c2ccccc2)c1. The van der Waals surface area contributed by atoms with Gasteiger partial charge in [-0.15, -0.1) is 0 Å². The molecule has 7 nitrogen and oxygen atoms in total. The molecule has 1 N–H and O–H groups in total. The Morgan fingerprint density at radius 2 is 1.87 bits per heavy atom. The Labute approximate surface area is 176 Å². The topological polar surface area (TPSA) is 84.9 Å². The molecule has 1 saturated heterocycles. The van der Waals surface area contributed by atoms with Crippen molar-refractivity contribution in [1.29, 1.82) is 0 Å². The van der Waals surface area contributed by atoms with Gasteiger partial charge in [0.05, 0.1) is 13.0 Å². The molecule has 2 unspecified atom stereocenters. The van der Waals surface area contributed by atoms with Gasteiger partial charge in [0.1, 0.15) is 5.75 Å². The Morgan fingerprint density at radius 1 is 1.10 bits per heavy atom. The summed E-state index contributed by atoms with van der Waals surface area (Å²) in [5.74, 6) is -0.841. The Bertz CT molecular complexity index is 899. The van der Waals surface area contributed by atoms with Gasteiger partial charge in [-0.2, -0.15) is 0 Å². The molecule has 30 heavy (non-hydrogen) atoms. The van der Waals surface area contributed by atoms with Gasteiger partial charge in [-0.05, 0) is 25.0 Å². The molecule has 1 heterocycles. The Balaban J connectivity index is 1.76. The predicted molar refractivity (Wildman–Crippen MR) is 112 cm³/mol. The quantitative estimate of drug-likeness (QED) is 0.740. The lowest BCUT2D eigenvalue weighted by Gasteiger charge is -2.31. The number of nitrogens with zero attached hydrogens (tertiary/aromatic N) is 1. The van der Waals surface area contributed by atoms with Crippen molar-refractivity contribution < 1.29 is 23.9 Å². The zero-order chi connectivity index (χ0) is 21.5. The number of ether oxygens (including phenoxy) is 2. The largest absolute Gasteiger partial charge is 0.497 e. The highest BCUT2D eigenvalue weighted by atomic mass is 16.5. The molecule has 1 fully saturated rings. The number of nitrogens with one attached hydrogen (secondary N) is 1. The van der Waals surface area contributed by atoms with E-state index in [1.165, 1.54) is 6.92 Å². The maximum atomic E-state index is 13.0. The Kier molecular flexibility index (Phi) is 7.06. The fourth-order valence-electron chi connectivity index (χ4n) is 3.48. The number of benzene rings is 2. The minimum absolute atomic E-state index is 0.0668. The van der Waals surface area contributed by atoms with E-state index in [1.807, 2.05) is 6.07 Å². The monoisotopic (exact) mass is 410 g/mol. The highest BCUT2D eigenvalue weighted by molar-refractivity contribution is 5.96. The van der Waals surface area contributed by atoms with E-state index in [-0.39, 0.29) is 5.91 Å². The van der Waals surface area contributed by atoms with Crippen LogP contribution in [0.1, 0.15) is 31.4 Å². The lowest BCUT2D eigenvalue weighted by atomic mass is 9.98. The molecule has 3 rings (SSSR count). The second-order valence-corrected chi connectivity index (χ2v) is 7.25. The van der Waals surface area contributed by atoms with Crippen molar-refractivity contribution in [1.82, 2.24) is 4.90 Å². The third kappa shape index (κ3) is 5.37. The zero-order valence-electron chi connectivity index (χ0n) is 17.2. The molecule has 2 aromatic carbocycles. The Hall–Kier alpha value is -3.35. The van der Waals surface area contributed by atoms with Crippen LogP contribution in [0.2, 0.25) is 0 Å². The first-order valence-electron chi connectivity index (χ1n) is 9.94. The number of carbonyl (C=O) groups excluding carboxylic acids is 3. The van der Waals surface area contributed by atoms with Crippen molar-refractivity contribution in [2.75, 3.05) is 25.5 Å². The van der Waals surface area contributed by atoms with Gasteiger partial charge in [-0.1, -0.05) is 36.4 Å². The summed E-state index contributed by atoms with van der Waals surface area (Å²) < 4.78 is 10.9. The summed E-state index contributed by atoms with van der Waals surface area (Å²) in [5.41, 5.74) is 1.11. The molecule has 158 valence electrons. The van der Waals surface area contributed by atoms with Crippen LogP contribution in [0, 0.1) is 5.92 Å². The molecular formula is C23H26N2O5. The molecule has 2 aromatic rings. The van der Waals surface area contributed by atoms with Gasteiger partial charge < -0.3 is 19.7 Å². The molecule has 0 saturated carbocycles. The molecule has 2 atom stereocenters. The van der Waals surface area contributed by atoms with E-state index >= 15 is 0 Å². The number of carbonyl (C=O) groups is 3. The maximum Gasteiger partial charge on any atom is 0.311 e. The number of methoxy groups -OCH3 is 1. The van der Waals surface area contributed by atoms with Crippen LogP contribution in [-0.4, -0.2) is 42.9 Å². The number of amides is 2. The first kappa shape index (κ1) is 21.4. The van der Waals surface area contributed by atoms with Crippen LogP contribution < -0.4 is 10.1 Å². The van der Waals surface area contributed by atoms with Gasteiger partial charge in [0.25, 0.3) is 5.91 Å². The van der Waals surface area contributed by atoms with E-state index in [1.54, 1.807) is 60.5 Å². The van der Waals surface area contributed by atoms with Crippen LogP contribution in [0.3, 0.4) is 0 Å². The number of hydrogen-bond donors (Lipinski definition) is 1. The fraction of sp³-hybridized carbons (Fsp3) is 0.348. The predicted octanol–water partition coefficient (Wildman–Crippen LogP) is 3.18. The van der Waals surface area contributed by atoms with Crippen LogP contribution in [0.25, 0.3) is 0 Å². The highest BCUT2D eigenvalue weighted by Gasteiger charge is 2.32. The van der Waals surface area contributed by atoms with Crippen molar-refractivity contribution in [3.8, 4) is 5.75 Å². The molecule has 0 bridgehead atoms. The summed E-state index contributed by atoms with van der Waals surface area (Å²) in [7, 11) is 1.55. The molecule has 1 aliphatic rings. The average Bonchev–Trinajstić information content (AvgIpc) is 2.78. The summed E-state index contributed by atoms with van der Waals surface area (Å²) >= 11 is 0. The number of piperidine rings is 1. The van der Waals surface area contributed by atoms with Crippen molar-refractivity contribution in [2.45, 2.75) is 25.9 Å². The first-order valence-corrected chi connectivity index (χ1v) is 9.94. The third-order valence-electron chi connectivity index (χ3n) is 5.11. The molecule has 0 spiro atoms. The standard InChI is InChI=1S/C23H26N2O5/c1-16(26)25-13-7-10-18(15-25)23(28)30-21(17-8-4-3-5-9-17)22(27)24-19-11-6-12-20(14-19)29-2/h3-6,8-9,11-12,14,18,21H,7,10,13,15H2,1-2H3,(H,24,27). The summed E-state index contributed by atoms with van der Waals surface area (Å²) in [6.07, 6.45) is 0.255. The number of hydrogen-bond acceptors (Lipinski definition) is 5. The van der Waals surface area contributed by atoms with Gasteiger partial charge in [-0.25, -0.2) is 0 Å². The van der Waals surface area contributed by atoms with Crippen LogP contribution in [0.5, 0.6) is 5.75 Å². The van der Waals surface area contributed by atoms with Crippen LogP contribution in [-0.2, 0) is 19.1 Å². The van der Waals surface area contributed by atoms with Gasteiger partial charge in [-0.3, -0.25) is 14.4 Å². The van der Waals surface area contributed by atoms with Gasteiger partial charge in [0, 0.05) is 37.3 Å². The molecule has 0 aliphatic carbocycles. The minimum Gasteiger partial charge on any atom is -0.497 e. The van der Waals surface area contributed by atoms with Crippen molar-refractivity contribution in [3.05, 3.63) is 60.2 Å². The van der Waals surface area contributed by atoms with E-state index < -0.39 is 23.9 Å². The van der Waals surface area contributed by atoms with E-state index in [9.17, 15) is 14.4 Å². The molecule has 7 heteroatoms. The second kappa shape index (κ2) is 9.91. The molecule has 2 amide bonds. The molecule has 0 radical (unpaired) electrons. The number of likely N-dealkylation sites (tertiary alicyclic amines) is 1. The fourth-order valence-corrected chi connectivity index (χ4v) is 3.48. The summed E-state index contributed by atoms with van der Waals surface area (Å²) in [6.45, 7) is 2.44. The van der Waals surface area contributed by atoms with Crippen LogP contribution >= 0.6 is 0 Å². The smallest absolute Gasteiger partial charge is 0.311 e. The van der Waals surface area contributed by atoms with Crippen LogP contribution in [0.4, 0.5) is 5.69 Å². The summed E-state index contributed by atoms with van der Waals surface area (Å²) in [6, 6.07) is 15.8. The number of rotatable bonds is 6. The number of anilines is 1. The molecule has 1 aliphatic heterocycles. The Morgan fingerprint density at radius 3 is 2.57 bits per heavy atom. The lowest BCUT2D eigenvalue weighted by molar-refractivity contribution is -0.161. The second-order valence-electron chi connectivity index (χ2n) is 7.25. The maximum absolute atomic E-state index is 13.0. The van der Waals surface area contributed by atoms with Crippen molar-refractivity contribution in [3.63, 3.8) is 0 Å². The van der Waals surface area contributed by atoms with E-state index in [2.05, 4.69) is 5.32 Å². The van der Waals surface area contributed by atoms with Gasteiger partial charge in [0.2, 0.25) is 12.0 Å². The van der Waals surface area contributed by atoms with Crippen molar-refractivity contribution >= 4 is 23.5 Å². The van der Waals surface area contributed by atoms with Gasteiger partial charge in [0.15, 0.2) is 0 Å². The normalized spacial score (nSPS) is 17.0. The van der Waals surface area contributed by atoms with Crippen LogP contribution in [0.15, 0.2) is 54.6 Å². The van der Waals surface area contributed by atoms with Crippen molar-refractivity contribution in [2.24, 2.45) is 5.92 Å². The summed E-state index contributed by atoms with van der Waals surface area (Å²) in [5, 5.41) is 2.79. The molecule has 0 aromatic heterocycles. The van der Waals surface area contributed by atoms with E-state index in [4.69, 9.17) is 9.47 Å². The highest BCUT2D eigenvalue weighted by Crippen LogP contribution is 2.25. The van der Waals surface area contributed by atoms with E-state index in [0.29, 0.717) is 36.5 Å². The first-order chi connectivity index (χ1) is 14.5. The van der Waals surface area contributed by atoms with Gasteiger partial charge >= 0.3 is 5.97 Å².